The van der Waals surface area contributed by atoms with Crippen LogP contribution in [0.4, 0.5) is 5.69 Å². The monoisotopic (exact) mass is 215 g/mol. The minimum Gasteiger partial charge on any atom is -0.383 e. The Kier molecular flexibility index (Phi) is 2.95. The van der Waals surface area contributed by atoms with E-state index in [1.165, 1.54) is 0 Å². The van der Waals surface area contributed by atoms with Crippen LogP contribution < -0.4 is 5.32 Å². The highest BCUT2D eigenvalue weighted by Crippen LogP contribution is 2.13. The number of rotatable bonds is 3. The highest BCUT2D eigenvalue weighted by atomic mass is 15.3. The number of hydrogen-bond donors (Lipinski definition) is 1. The first-order chi connectivity index (χ1) is 7.65. The Morgan fingerprint density at radius 1 is 1.12 bits per heavy atom. The van der Waals surface area contributed by atoms with Crippen molar-refractivity contribution in [2.45, 2.75) is 26.8 Å². The fraction of sp³-hybridized carbons (Fsp3) is 0.308. The lowest BCUT2D eigenvalue weighted by atomic mass is 10.2. The lowest BCUT2D eigenvalue weighted by Gasteiger charge is -2.10. The summed E-state index contributed by atoms with van der Waals surface area (Å²) in [6, 6.07) is 10.7. The van der Waals surface area contributed by atoms with Gasteiger partial charge in [0, 0.05) is 17.9 Å². The van der Waals surface area contributed by atoms with E-state index in [1.807, 2.05) is 23.9 Å². The Morgan fingerprint density at radius 2 is 1.81 bits per heavy atom. The molecule has 2 aromatic rings. The van der Waals surface area contributed by atoms with E-state index < -0.39 is 0 Å². The lowest BCUT2D eigenvalue weighted by Crippen LogP contribution is -2.09. The van der Waals surface area contributed by atoms with Gasteiger partial charge in [0.05, 0.1) is 11.4 Å². The fourth-order valence-corrected chi connectivity index (χ4v) is 1.60. The number of nitrogens with one attached hydrogen (secondary N) is 1. The van der Waals surface area contributed by atoms with Crippen LogP contribution in [0.5, 0.6) is 0 Å². The van der Waals surface area contributed by atoms with E-state index in [-0.39, 0.29) is 0 Å². The van der Waals surface area contributed by atoms with Crippen molar-refractivity contribution < 1.29 is 0 Å². The summed E-state index contributed by atoms with van der Waals surface area (Å²) < 4.78 is 1.88. The highest BCUT2D eigenvalue weighted by Gasteiger charge is 1.99. The molecule has 0 bridgehead atoms. The number of hydrogen-bond acceptors (Lipinski definition) is 2. The molecule has 1 heterocycles. The van der Waals surface area contributed by atoms with Crippen LogP contribution in [0, 0.1) is 6.92 Å². The van der Waals surface area contributed by atoms with Gasteiger partial charge in [-0.15, -0.1) is 0 Å². The number of aryl methyl sites for hydroxylation is 1. The molecule has 0 aliphatic rings. The summed E-state index contributed by atoms with van der Waals surface area (Å²) in [6.45, 7) is 6.25. The molecule has 16 heavy (non-hydrogen) atoms. The molecular formula is C13H17N3. The highest BCUT2D eigenvalue weighted by molar-refractivity contribution is 5.48. The Hall–Kier alpha value is -1.77. The smallest absolute Gasteiger partial charge is 0.0647 e. The van der Waals surface area contributed by atoms with E-state index in [1.54, 1.807) is 0 Å². The summed E-state index contributed by atoms with van der Waals surface area (Å²) in [5.74, 6) is 0. The summed E-state index contributed by atoms with van der Waals surface area (Å²) in [5.41, 5.74) is 3.26. The molecule has 1 aromatic carbocycles. The average molecular weight is 215 g/mol. The normalized spacial score (nSPS) is 10.8. The molecule has 3 nitrogen and oxygen atoms in total. The van der Waals surface area contributed by atoms with Gasteiger partial charge in [0.25, 0.3) is 0 Å². The SMILES string of the molecule is Cc1ccn(-c2ccc(NC(C)C)cc2)n1. The lowest BCUT2D eigenvalue weighted by molar-refractivity contribution is 0.861. The molecular weight excluding hydrogens is 198 g/mol. The van der Waals surface area contributed by atoms with Crippen LogP contribution in [0.1, 0.15) is 19.5 Å². The second kappa shape index (κ2) is 4.39. The zero-order valence-electron chi connectivity index (χ0n) is 9.94. The first-order valence-corrected chi connectivity index (χ1v) is 5.54. The molecule has 2 rings (SSSR count). The molecule has 3 heteroatoms. The van der Waals surface area contributed by atoms with Gasteiger partial charge in [-0.25, -0.2) is 4.68 Å². The third-order valence-electron chi connectivity index (χ3n) is 2.31. The molecule has 0 radical (unpaired) electrons. The van der Waals surface area contributed by atoms with Crippen molar-refractivity contribution in [2.75, 3.05) is 5.32 Å². The maximum Gasteiger partial charge on any atom is 0.0647 e. The summed E-state index contributed by atoms with van der Waals surface area (Å²) in [4.78, 5) is 0. The maximum atomic E-state index is 4.37. The van der Waals surface area contributed by atoms with Crippen LogP contribution in [0.2, 0.25) is 0 Å². The molecule has 0 fully saturated rings. The van der Waals surface area contributed by atoms with Gasteiger partial charge in [-0.3, -0.25) is 0 Å². The molecule has 0 unspecified atom stereocenters. The number of nitrogens with zero attached hydrogens (tertiary/aromatic N) is 2. The van der Waals surface area contributed by atoms with Crippen molar-refractivity contribution in [3.63, 3.8) is 0 Å². The Balaban J connectivity index is 2.19. The third-order valence-corrected chi connectivity index (χ3v) is 2.31. The fourth-order valence-electron chi connectivity index (χ4n) is 1.60. The van der Waals surface area contributed by atoms with Gasteiger partial charge < -0.3 is 5.32 Å². The summed E-state index contributed by atoms with van der Waals surface area (Å²) >= 11 is 0. The van der Waals surface area contributed by atoms with Crippen molar-refractivity contribution in [3.05, 3.63) is 42.2 Å². The van der Waals surface area contributed by atoms with E-state index in [0.29, 0.717) is 6.04 Å². The molecule has 1 N–H and O–H groups in total. The summed E-state index contributed by atoms with van der Waals surface area (Å²) in [6.07, 6.45) is 1.97. The van der Waals surface area contributed by atoms with E-state index in [2.05, 4.69) is 48.5 Å². The van der Waals surface area contributed by atoms with Crippen molar-refractivity contribution in [1.29, 1.82) is 0 Å². The molecule has 0 aliphatic heterocycles. The van der Waals surface area contributed by atoms with Crippen molar-refractivity contribution >= 4 is 5.69 Å². The van der Waals surface area contributed by atoms with Crippen LogP contribution in [0.25, 0.3) is 5.69 Å². The van der Waals surface area contributed by atoms with Crippen LogP contribution in [0.15, 0.2) is 36.5 Å². The minimum atomic E-state index is 0.456. The largest absolute Gasteiger partial charge is 0.383 e. The third kappa shape index (κ3) is 2.42. The topological polar surface area (TPSA) is 29.9 Å². The van der Waals surface area contributed by atoms with Crippen LogP contribution in [-0.2, 0) is 0 Å². The molecule has 0 spiro atoms. The van der Waals surface area contributed by atoms with Gasteiger partial charge in [0.2, 0.25) is 0 Å². The standard InChI is InChI=1S/C13H17N3/c1-10(2)14-12-4-6-13(7-5-12)16-9-8-11(3)15-16/h4-10,14H,1-3H3. The van der Waals surface area contributed by atoms with Gasteiger partial charge >= 0.3 is 0 Å². The van der Waals surface area contributed by atoms with E-state index >= 15 is 0 Å². The second-order valence-electron chi connectivity index (χ2n) is 4.25. The predicted octanol–water partition coefficient (Wildman–Crippen LogP) is 3.00. The molecule has 84 valence electrons. The zero-order chi connectivity index (χ0) is 11.5. The average Bonchev–Trinajstić information content (AvgIpc) is 2.65. The van der Waals surface area contributed by atoms with Gasteiger partial charge in [-0.1, -0.05) is 0 Å². The zero-order valence-corrected chi connectivity index (χ0v) is 9.94. The van der Waals surface area contributed by atoms with Crippen LogP contribution in [0.3, 0.4) is 0 Å². The van der Waals surface area contributed by atoms with Crippen molar-refractivity contribution in [1.82, 2.24) is 9.78 Å². The second-order valence-corrected chi connectivity index (χ2v) is 4.25. The molecule has 0 saturated carbocycles. The summed E-state index contributed by atoms with van der Waals surface area (Å²) in [5, 5.41) is 7.73. The van der Waals surface area contributed by atoms with Crippen LogP contribution >= 0.6 is 0 Å². The predicted molar refractivity (Wildman–Crippen MR) is 67.1 cm³/mol. The van der Waals surface area contributed by atoms with Gasteiger partial charge in [0.1, 0.15) is 0 Å². The molecule has 0 aliphatic carbocycles. The van der Waals surface area contributed by atoms with Crippen molar-refractivity contribution in [3.8, 4) is 5.69 Å². The van der Waals surface area contributed by atoms with Crippen molar-refractivity contribution in [2.24, 2.45) is 0 Å². The Bertz CT molecular complexity index is 454. The molecule has 1 aromatic heterocycles. The van der Waals surface area contributed by atoms with E-state index in [0.717, 1.165) is 17.1 Å². The Morgan fingerprint density at radius 3 is 2.31 bits per heavy atom. The first kappa shape index (κ1) is 10.7. The summed E-state index contributed by atoms with van der Waals surface area (Å²) in [7, 11) is 0. The maximum absolute atomic E-state index is 4.37. The Labute approximate surface area is 96.1 Å². The molecule has 0 amide bonds. The van der Waals surface area contributed by atoms with Gasteiger partial charge in [-0.2, -0.15) is 5.10 Å². The number of aromatic nitrogens is 2. The molecule has 0 saturated heterocycles. The van der Waals surface area contributed by atoms with Crippen LogP contribution in [-0.4, -0.2) is 15.8 Å². The molecule has 0 atom stereocenters. The quantitative estimate of drug-likeness (QED) is 0.853. The number of anilines is 1. The van der Waals surface area contributed by atoms with Gasteiger partial charge in [-0.05, 0) is 51.1 Å². The van der Waals surface area contributed by atoms with E-state index in [9.17, 15) is 0 Å². The minimum absolute atomic E-state index is 0.456. The first-order valence-electron chi connectivity index (χ1n) is 5.54. The number of benzene rings is 1. The van der Waals surface area contributed by atoms with E-state index in [4.69, 9.17) is 0 Å². The van der Waals surface area contributed by atoms with Gasteiger partial charge in [0.15, 0.2) is 0 Å².